The summed E-state index contributed by atoms with van der Waals surface area (Å²) in [5.74, 6) is 0.819. The molecule has 1 amide bonds. The fourth-order valence-corrected chi connectivity index (χ4v) is 4.02. The number of aryl methyl sites for hydroxylation is 2. The fraction of sp³-hybridized carbons (Fsp3) is 0.304. The molecule has 0 unspecified atom stereocenters. The molecule has 1 N–H and O–H groups in total. The van der Waals surface area contributed by atoms with Crippen molar-refractivity contribution in [3.63, 3.8) is 0 Å². The predicted octanol–water partition coefficient (Wildman–Crippen LogP) is 6.58. The number of aromatic nitrogens is 1. The van der Waals surface area contributed by atoms with Gasteiger partial charge >= 0.3 is 0 Å². The van der Waals surface area contributed by atoms with E-state index in [9.17, 15) is 4.79 Å². The lowest BCUT2D eigenvalue weighted by atomic mass is 10.0. The van der Waals surface area contributed by atoms with Crippen molar-refractivity contribution in [2.45, 2.75) is 40.0 Å². The van der Waals surface area contributed by atoms with Crippen LogP contribution in [0.5, 0.6) is 5.75 Å². The average molecular weight is 473 g/mol. The number of ether oxygens (including phenoxy) is 1. The fourth-order valence-electron chi connectivity index (χ4n) is 2.92. The Morgan fingerprint density at radius 2 is 1.97 bits per heavy atom. The van der Waals surface area contributed by atoms with Crippen LogP contribution >= 0.6 is 27.3 Å². The first-order valence-electron chi connectivity index (χ1n) is 9.65. The first-order valence-corrected chi connectivity index (χ1v) is 11.3. The van der Waals surface area contributed by atoms with Crippen LogP contribution in [-0.4, -0.2) is 17.5 Å². The molecular weight excluding hydrogens is 448 g/mol. The number of rotatable bonds is 7. The second kappa shape index (κ2) is 9.55. The lowest BCUT2D eigenvalue weighted by Crippen LogP contribution is -2.20. The summed E-state index contributed by atoms with van der Waals surface area (Å²) in [7, 11) is 0. The molecule has 0 bridgehead atoms. The molecule has 3 aromatic rings. The second-order valence-corrected chi connectivity index (χ2v) is 8.93. The molecular formula is C23H25BrN2O2S. The molecule has 0 saturated carbocycles. The number of thiazole rings is 1. The number of benzene rings is 2. The van der Waals surface area contributed by atoms with E-state index in [1.807, 2.05) is 18.4 Å². The summed E-state index contributed by atoms with van der Waals surface area (Å²) in [5, 5.41) is 5.36. The van der Waals surface area contributed by atoms with Gasteiger partial charge in [0.05, 0.1) is 5.69 Å². The second-order valence-electron chi connectivity index (χ2n) is 7.22. The van der Waals surface area contributed by atoms with Gasteiger partial charge in [-0.05, 0) is 48.1 Å². The largest absolute Gasteiger partial charge is 0.483 e. The molecule has 0 aliphatic carbocycles. The highest BCUT2D eigenvalue weighted by molar-refractivity contribution is 9.10. The summed E-state index contributed by atoms with van der Waals surface area (Å²) < 4.78 is 6.87. The topological polar surface area (TPSA) is 51.2 Å². The number of nitrogens with zero attached hydrogens (tertiary/aromatic N) is 1. The van der Waals surface area contributed by atoms with E-state index in [0.29, 0.717) is 11.0 Å². The molecule has 152 valence electrons. The molecule has 0 saturated heterocycles. The van der Waals surface area contributed by atoms with Gasteiger partial charge in [-0.1, -0.05) is 61.0 Å². The summed E-state index contributed by atoms with van der Waals surface area (Å²) in [6, 6.07) is 12.4. The molecule has 0 aliphatic heterocycles. The van der Waals surface area contributed by atoms with Crippen molar-refractivity contribution >= 4 is 38.3 Å². The van der Waals surface area contributed by atoms with Crippen LogP contribution in [0.15, 0.2) is 46.3 Å². The first-order chi connectivity index (χ1) is 13.9. The summed E-state index contributed by atoms with van der Waals surface area (Å²) in [4.78, 5) is 16.9. The summed E-state index contributed by atoms with van der Waals surface area (Å²) in [6.45, 7) is 8.29. The summed E-state index contributed by atoms with van der Waals surface area (Å²) in [6.07, 6.45) is 1.01. The zero-order valence-corrected chi connectivity index (χ0v) is 19.5. The Labute approximate surface area is 184 Å². The summed E-state index contributed by atoms with van der Waals surface area (Å²) >= 11 is 4.97. The quantitative estimate of drug-likeness (QED) is 0.422. The van der Waals surface area contributed by atoms with Crippen molar-refractivity contribution < 1.29 is 9.53 Å². The van der Waals surface area contributed by atoms with Crippen LogP contribution < -0.4 is 10.1 Å². The molecule has 2 aromatic carbocycles. The van der Waals surface area contributed by atoms with Gasteiger partial charge in [0.1, 0.15) is 5.75 Å². The molecule has 3 rings (SSSR count). The van der Waals surface area contributed by atoms with Crippen LogP contribution in [0.25, 0.3) is 11.3 Å². The monoisotopic (exact) mass is 472 g/mol. The van der Waals surface area contributed by atoms with E-state index in [-0.39, 0.29) is 12.5 Å². The minimum Gasteiger partial charge on any atom is -0.483 e. The zero-order chi connectivity index (χ0) is 21.0. The van der Waals surface area contributed by atoms with Crippen molar-refractivity contribution in [1.29, 1.82) is 0 Å². The highest BCUT2D eigenvalue weighted by Crippen LogP contribution is 2.32. The highest BCUT2D eigenvalue weighted by atomic mass is 79.9. The van der Waals surface area contributed by atoms with Gasteiger partial charge in [0.15, 0.2) is 11.7 Å². The molecule has 0 aliphatic rings. The smallest absolute Gasteiger partial charge is 0.264 e. The van der Waals surface area contributed by atoms with Gasteiger partial charge in [0.2, 0.25) is 0 Å². The van der Waals surface area contributed by atoms with Gasteiger partial charge in [0, 0.05) is 15.4 Å². The predicted molar refractivity (Wildman–Crippen MR) is 124 cm³/mol. The third-order valence-corrected chi connectivity index (χ3v) is 6.29. The van der Waals surface area contributed by atoms with Gasteiger partial charge in [0.25, 0.3) is 5.91 Å². The number of hydrogen-bond donors (Lipinski definition) is 1. The van der Waals surface area contributed by atoms with Gasteiger partial charge in [-0.3, -0.25) is 10.1 Å². The third kappa shape index (κ3) is 5.46. The molecule has 0 spiro atoms. The standard InChI is InChI=1S/C23H25BrN2O2S/c1-5-16-6-8-17(9-7-16)20-13-29-23(25-20)26-22(27)12-28-21-10-15(4)19(24)11-18(21)14(2)3/h6-11,13-14H,5,12H2,1-4H3,(H,25,26,27). The van der Waals surface area contributed by atoms with Gasteiger partial charge in [-0.15, -0.1) is 11.3 Å². The number of carbonyl (C=O) groups excluding carboxylic acids is 1. The Bertz CT molecular complexity index is 997. The van der Waals surface area contributed by atoms with E-state index in [4.69, 9.17) is 4.74 Å². The number of hydrogen-bond acceptors (Lipinski definition) is 4. The average Bonchev–Trinajstić information content (AvgIpc) is 3.16. The van der Waals surface area contributed by atoms with Crippen LogP contribution in [0.4, 0.5) is 5.13 Å². The first kappa shape index (κ1) is 21.5. The molecule has 1 aromatic heterocycles. The van der Waals surface area contributed by atoms with Gasteiger partial charge in [-0.25, -0.2) is 4.98 Å². The molecule has 0 fully saturated rings. The van der Waals surface area contributed by atoms with E-state index in [0.717, 1.165) is 39.0 Å². The molecule has 4 nitrogen and oxygen atoms in total. The maximum Gasteiger partial charge on any atom is 0.264 e. The maximum atomic E-state index is 12.4. The van der Waals surface area contributed by atoms with Crippen molar-refractivity contribution in [2.24, 2.45) is 0 Å². The van der Waals surface area contributed by atoms with Crippen molar-refractivity contribution in [3.05, 3.63) is 62.9 Å². The van der Waals surface area contributed by atoms with E-state index in [2.05, 4.69) is 77.3 Å². The van der Waals surface area contributed by atoms with Crippen LogP contribution in [-0.2, 0) is 11.2 Å². The minimum atomic E-state index is -0.220. The van der Waals surface area contributed by atoms with Crippen LogP contribution in [0, 0.1) is 6.92 Å². The Morgan fingerprint density at radius 1 is 1.24 bits per heavy atom. The Balaban J connectivity index is 1.63. The third-order valence-electron chi connectivity index (χ3n) is 4.68. The molecule has 0 radical (unpaired) electrons. The maximum absolute atomic E-state index is 12.4. The molecule has 6 heteroatoms. The van der Waals surface area contributed by atoms with E-state index in [1.54, 1.807) is 0 Å². The van der Waals surface area contributed by atoms with Crippen LogP contribution in [0.3, 0.4) is 0 Å². The lowest BCUT2D eigenvalue weighted by Gasteiger charge is -2.15. The van der Waals surface area contributed by atoms with Gasteiger partial charge in [-0.2, -0.15) is 0 Å². The lowest BCUT2D eigenvalue weighted by molar-refractivity contribution is -0.118. The number of amides is 1. The van der Waals surface area contributed by atoms with E-state index in [1.165, 1.54) is 16.9 Å². The van der Waals surface area contributed by atoms with Crippen LogP contribution in [0.1, 0.15) is 43.4 Å². The van der Waals surface area contributed by atoms with Gasteiger partial charge < -0.3 is 4.74 Å². The van der Waals surface area contributed by atoms with Crippen molar-refractivity contribution in [2.75, 3.05) is 11.9 Å². The van der Waals surface area contributed by atoms with Crippen LogP contribution in [0.2, 0.25) is 0 Å². The SMILES string of the molecule is CCc1ccc(-c2csc(NC(=O)COc3cc(C)c(Br)cc3C(C)C)n2)cc1. The van der Waals surface area contributed by atoms with Crippen molar-refractivity contribution in [3.8, 4) is 17.0 Å². The normalized spacial score (nSPS) is 11.0. The summed E-state index contributed by atoms with van der Waals surface area (Å²) in [5.41, 5.74) is 5.34. The highest BCUT2D eigenvalue weighted by Gasteiger charge is 2.14. The Morgan fingerprint density at radius 3 is 2.62 bits per heavy atom. The van der Waals surface area contributed by atoms with E-state index < -0.39 is 0 Å². The Hall–Kier alpha value is -2.18. The zero-order valence-electron chi connectivity index (χ0n) is 17.1. The number of anilines is 1. The molecule has 0 atom stereocenters. The number of nitrogens with one attached hydrogen (secondary N) is 1. The molecule has 29 heavy (non-hydrogen) atoms. The van der Waals surface area contributed by atoms with Crippen molar-refractivity contribution in [1.82, 2.24) is 4.98 Å². The number of halogens is 1. The Kier molecular flexibility index (Phi) is 7.09. The molecule has 1 heterocycles. The number of carbonyl (C=O) groups is 1. The minimum absolute atomic E-state index is 0.0547. The van der Waals surface area contributed by atoms with E-state index >= 15 is 0 Å².